The number of aromatic nitrogens is 1. The molecule has 23 heavy (non-hydrogen) atoms. The maximum absolute atomic E-state index is 12.1. The van der Waals surface area contributed by atoms with Crippen LogP contribution >= 0.6 is 0 Å². The summed E-state index contributed by atoms with van der Waals surface area (Å²) in [5.74, 6) is 1.85. The molecular formula is C17H27N3O3. The molecule has 1 aromatic heterocycles. The Labute approximate surface area is 137 Å². The zero-order chi connectivity index (χ0) is 16.1. The number of nitrogens with one attached hydrogen (secondary N) is 1. The van der Waals surface area contributed by atoms with Crippen molar-refractivity contribution in [1.82, 2.24) is 15.4 Å². The topological polar surface area (TPSA) is 67.6 Å². The number of piperidine rings is 2. The highest BCUT2D eigenvalue weighted by atomic mass is 16.5. The lowest BCUT2D eigenvalue weighted by molar-refractivity contribution is -0.121. The zero-order valence-corrected chi connectivity index (χ0v) is 13.9. The first-order valence-electron chi connectivity index (χ1n) is 8.76. The maximum atomic E-state index is 12.1. The van der Waals surface area contributed by atoms with Crippen LogP contribution in [0.25, 0.3) is 0 Å². The first kappa shape index (κ1) is 16.3. The van der Waals surface area contributed by atoms with Crippen molar-refractivity contribution in [3.05, 3.63) is 11.8 Å². The van der Waals surface area contributed by atoms with E-state index in [1.165, 1.54) is 45.2 Å². The highest BCUT2D eigenvalue weighted by Gasteiger charge is 2.32. The van der Waals surface area contributed by atoms with Crippen LogP contribution in [0.2, 0.25) is 0 Å². The minimum atomic E-state index is 0.0910. The molecule has 0 saturated carbocycles. The molecule has 1 aromatic rings. The number of aryl methyl sites for hydroxylation is 1. The normalized spacial score (nSPS) is 24.9. The SMILES string of the molecule is COc1cc(CCC(=O)NC[C@@H]2CCCN3CCCCC23)on1. The van der Waals surface area contributed by atoms with E-state index in [9.17, 15) is 4.79 Å². The second-order valence-electron chi connectivity index (χ2n) is 6.64. The Morgan fingerprint density at radius 2 is 2.26 bits per heavy atom. The lowest BCUT2D eigenvalue weighted by atomic mass is 9.83. The van der Waals surface area contributed by atoms with Crippen molar-refractivity contribution in [2.24, 2.45) is 5.92 Å². The van der Waals surface area contributed by atoms with E-state index < -0.39 is 0 Å². The van der Waals surface area contributed by atoms with Crippen LogP contribution in [-0.2, 0) is 11.2 Å². The number of hydrogen-bond donors (Lipinski definition) is 1. The molecule has 0 spiro atoms. The molecule has 1 amide bonds. The van der Waals surface area contributed by atoms with Crippen molar-refractivity contribution in [2.75, 3.05) is 26.7 Å². The van der Waals surface area contributed by atoms with Gasteiger partial charge in [-0.2, -0.15) is 0 Å². The molecule has 2 fully saturated rings. The van der Waals surface area contributed by atoms with Gasteiger partial charge in [-0.05, 0) is 49.8 Å². The molecule has 0 aromatic carbocycles. The largest absolute Gasteiger partial charge is 0.479 e. The summed E-state index contributed by atoms with van der Waals surface area (Å²) >= 11 is 0. The molecule has 2 saturated heterocycles. The molecule has 1 unspecified atom stereocenters. The highest BCUT2D eigenvalue weighted by molar-refractivity contribution is 5.76. The Morgan fingerprint density at radius 3 is 3.09 bits per heavy atom. The summed E-state index contributed by atoms with van der Waals surface area (Å²) in [7, 11) is 1.55. The molecule has 2 atom stereocenters. The number of fused-ring (bicyclic) bond motifs is 1. The van der Waals surface area contributed by atoms with Crippen molar-refractivity contribution in [3.63, 3.8) is 0 Å². The molecule has 3 rings (SSSR count). The minimum absolute atomic E-state index is 0.0910. The average molecular weight is 321 g/mol. The van der Waals surface area contributed by atoms with Crippen molar-refractivity contribution < 1.29 is 14.1 Å². The molecule has 128 valence electrons. The summed E-state index contributed by atoms with van der Waals surface area (Å²) in [5.41, 5.74) is 0. The molecule has 0 radical (unpaired) electrons. The molecule has 2 aliphatic rings. The third kappa shape index (κ3) is 4.25. The van der Waals surface area contributed by atoms with Crippen LogP contribution in [0.4, 0.5) is 0 Å². The number of carbonyl (C=O) groups is 1. The van der Waals surface area contributed by atoms with Gasteiger partial charge in [-0.3, -0.25) is 4.79 Å². The van der Waals surface area contributed by atoms with Gasteiger partial charge in [0.15, 0.2) is 0 Å². The molecule has 6 heteroatoms. The van der Waals surface area contributed by atoms with Gasteiger partial charge in [0.25, 0.3) is 5.88 Å². The zero-order valence-electron chi connectivity index (χ0n) is 13.9. The quantitative estimate of drug-likeness (QED) is 0.868. The Balaban J connectivity index is 1.41. The molecule has 1 N–H and O–H groups in total. The first-order valence-corrected chi connectivity index (χ1v) is 8.76. The van der Waals surface area contributed by atoms with Gasteiger partial charge in [0.1, 0.15) is 5.76 Å². The van der Waals surface area contributed by atoms with Crippen LogP contribution in [0, 0.1) is 5.92 Å². The molecule has 2 aliphatic heterocycles. The summed E-state index contributed by atoms with van der Waals surface area (Å²) in [5, 5.41) is 6.86. The van der Waals surface area contributed by atoms with E-state index in [1.807, 2.05) is 0 Å². The fourth-order valence-corrected chi connectivity index (χ4v) is 3.89. The van der Waals surface area contributed by atoms with Crippen LogP contribution in [0.5, 0.6) is 5.88 Å². The average Bonchev–Trinajstić information content (AvgIpc) is 3.06. The number of carbonyl (C=O) groups excluding carboxylic acids is 1. The second-order valence-corrected chi connectivity index (χ2v) is 6.64. The van der Waals surface area contributed by atoms with Crippen LogP contribution in [0.15, 0.2) is 10.6 Å². The molecule has 0 bridgehead atoms. The maximum Gasteiger partial charge on any atom is 0.254 e. The summed E-state index contributed by atoms with van der Waals surface area (Å²) in [6, 6.07) is 2.41. The number of hydrogen-bond acceptors (Lipinski definition) is 5. The monoisotopic (exact) mass is 321 g/mol. The standard InChI is InChI=1S/C17H27N3O3/c1-22-17-11-14(23-19-17)7-8-16(21)18-12-13-5-4-10-20-9-3-2-6-15(13)20/h11,13,15H,2-10,12H2,1H3,(H,18,21)/t13-,15?/m0/s1. The summed E-state index contributed by atoms with van der Waals surface area (Å²) in [4.78, 5) is 14.7. The molecule has 6 nitrogen and oxygen atoms in total. The van der Waals surface area contributed by atoms with Crippen LogP contribution in [-0.4, -0.2) is 48.7 Å². The highest BCUT2D eigenvalue weighted by Crippen LogP contribution is 2.30. The van der Waals surface area contributed by atoms with E-state index in [4.69, 9.17) is 9.26 Å². The van der Waals surface area contributed by atoms with E-state index in [1.54, 1.807) is 13.2 Å². The molecule has 0 aliphatic carbocycles. The van der Waals surface area contributed by atoms with E-state index in [0.717, 1.165) is 6.54 Å². The predicted molar refractivity (Wildman–Crippen MR) is 86.3 cm³/mol. The molecule has 3 heterocycles. The third-order valence-corrected chi connectivity index (χ3v) is 5.13. The van der Waals surface area contributed by atoms with Crippen molar-refractivity contribution in [1.29, 1.82) is 0 Å². The van der Waals surface area contributed by atoms with Crippen molar-refractivity contribution in [3.8, 4) is 5.88 Å². The van der Waals surface area contributed by atoms with Crippen molar-refractivity contribution in [2.45, 2.75) is 51.0 Å². The summed E-state index contributed by atoms with van der Waals surface area (Å²) in [6.07, 6.45) is 7.44. The van der Waals surface area contributed by atoms with Crippen LogP contribution in [0.1, 0.15) is 44.3 Å². The van der Waals surface area contributed by atoms with E-state index in [0.29, 0.717) is 36.4 Å². The lowest BCUT2D eigenvalue weighted by Gasteiger charge is -2.44. The number of nitrogens with zero attached hydrogens (tertiary/aromatic N) is 2. The number of rotatable bonds is 6. The predicted octanol–water partition coefficient (Wildman–Crippen LogP) is 2.00. The molecular weight excluding hydrogens is 294 g/mol. The van der Waals surface area contributed by atoms with Gasteiger partial charge in [-0.25, -0.2) is 0 Å². The van der Waals surface area contributed by atoms with Gasteiger partial charge in [0.05, 0.1) is 7.11 Å². The first-order chi connectivity index (χ1) is 11.3. The third-order valence-electron chi connectivity index (χ3n) is 5.13. The van der Waals surface area contributed by atoms with Gasteiger partial charge in [0.2, 0.25) is 5.91 Å². The van der Waals surface area contributed by atoms with Gasteiger partial charge < -0.3 is 19.5 Å². The summed E-state index contributed by atoms with van der Waals surface area (Å²) < 4.78 is 10.1. The smallest absolute Gasteiger partial charge is 0.254 e. The van der Waals surface area contributed by atoms with E-state index in [-0.39, 0.29) is 5.91 Å². The van der Waals surface area contributed by atoms with Gasteiger partial charge in [-0.15, -0.1) is 0 Å². The lowest BCUT2D eigenvalue weighted by Crippen LogP contribution is -2.51. The number of methoxy groups -OCH3 is 1. The Kier molecular flexibility index (Phi) is 5.54. The second kappa shape index (κ2) is 7.81. The van der Waals surface area contributed by atoms with Crippen LogP contribution in [0.3, 0.4) is 0 Å². The van der Waals surface area contributed by atoms with Gasteiger partial charge in [0, 0.05) is 31.5 Å². The Hall–Kier alpha value is -1.56. The minimum Gasteiger partial charge on any atom is -0.479 e. The number of amides is 1. The number of ether oxygens (including phenoxy) is 1. The Morgan fingerprint density at radius 1 is 1.39 bits per heavy atom. The Bertz CT molecular complexity index is 515. The van der Waals surface area contributed by atoms with Crippen LogP contribution < -0.4 is 10.1 Å². The fourth-order valence-electron chi connectivity index (χ4n) is 3.89. The summed E-state index contributed by atoms with van der Waals surface area (Å²) in [6.45, 7) is 3.28. The van der Waals surface area contributed by atoms with E-state index >= 15 is 0 Å². The van der Waals surface area contributed by atoms with Gasteiger partial charge >= 0.3 is 0 Å². The van der Waals surface area contributed by atoms with Gasteiger partial charge in [-0.1, -0.05) is 6.42 Å². The fraction of sp³-hybridized carbons (Fsp3) is 0.765. The van der Waals surface area contributed by atoms with E-state index in [2.05, 4.69) is 15.4 Å². The van der Waals surface area contributed by atoms with Crippen molar-refractivity contribution >= 4 is 5.91 Å².